The van der Waals surface area contributed by atoms with E-state index in [1.807, 2.05) is 43.3 Å². The Balaban J connectivity index is 0.00000392. The molecule has 0 aliphatic heterocycles. The second kappa shape index (κ2) is 12.9. The summed E-state index contributed by atoms with van der Waals surface area (Å²) in [6.45, 7) is 4.31. The molecule has 0 aliphatic rings. The highest BCUT2D eigenvalue weighted by atomic mass is 35.5. The van der Waals surface area contributed by atoms with Crippen LogP contribution in [-0.4, -0.2) is 38.6 Å². The largest absolute Gasteiger partial charge is 0.383 e. The number of carbonyl (C=O) groups is 2. The summed E-state index contributed by atoms with van der Waals surface area (Å²) < 4.78 is 4.91. The average molecular weight is 406 g/mol. The first kappa shape index (κ1) is 23.6. The van der Waals surface area contributed by atoms with Gasteiger partial charge in [-0.25, -0.2) is 0 Å². The Labute approximate surface area is 172 Å². The standard InChI is InChI=1S/C21H27N3O3.ClH/c1-16-6-8-17(9-7-16)13-24-21(26)19-5-3-4-18(12-19)14-23-20(25)15-22-10-11-27-2;/h3-9,12,22H,10-11,13-15H2,1-2H3,(H,23,25)(H,24,26);1H. The molecule has 0 aliphatic carbocycles. The van der Waals surface area contributed by atoms with Crippen LogP contribution in [0, 0.1) is 6.92 Å². The van der Waals surface area contributed by atoms with E-state index in [0.717, 1.165) is 11.1 Å². The van der Waals surface area contributed by atoms with Gasteiger partial charge in [-0.2, -0.15) is 0 Å². The van der Waals surface area contributed by atoms with Crippen molar-refractivity contribution in [2.24, 2.45) is 0 Å². The van der Waals surface area contributed by atoms with Gasteiger partial charge in [0.15, 0.2) is 0 Å². The van der Waals surface area contributed by atoms with E-state index in [9.17, 15) is 9.59 Å². The monoisotopic (exact) mass is 405 g/mol. The Morgan fingerprint density at radius 2 is 1.68 bits per heavy atom. The maximum absolute atomic E-state index is 12.4. The highest BCUT2D eigenvalue weighted by Crippen LogP contribution is 2.07. The molecule has 152 valence electrons. The Hall–Kier alpha value is -2.41. The Bertz CT molecular complexity index is 751. The van der Waals surface area contributed by atoms with Crippen LogP contribution in [0.2, 0.25) is 0 Å². The van der Waals surface area contributed by atoms with Crippen molar-refractivity contribution in [2.75, 3.05) is 26.8 Å². The first-order chi connectivity index (χ1) is 13.1. The van der Waals surface area contributed by atoms with Crippen LogP contribution < -0.4 is 16.0 Å². The van der Waals surface area contributed by atoms with Crippen molar-refractivity contribution in [3.63, 3.8) is 0 Å². The third-order valence-corrected chi connectivity index (χ3v) is 4.02. The van der Waals surface area contributed by atoms with Gasteiger partial charge in [-0.3, -0.25) is 9.59 Å². The number of ether oxygens (including phenoxy) is 1. The molecule has 0 unspecified atom stereocenters. The summed E-state index contributed by atoms with van der Waals surface area (Å²) >= 11 is 0. The van der Waals surface area contributed by atoms with E-state index in [-0.39, 0.29) is 30.8 Å². The van der Waals surface area contributed by atoms with E-state index in [2.05, 4.69) is 16.0 Å². The minimum Gasteiger partial charge on any atom is -0.383 e. The van der Waals surface area contributed by atoms with Crippen LogP contribution in [0.3, 0.4) is 0 Å². The molecule has 0 spiro atoms. The van der Waals surface area contributed by atoms with Crippen molar-refractivity contribution in [1.29, 1.82) is 0 Å². The number of benzene rings is 2. The lowest BCUT2D eigenvalue weighted by Crippen LogP contribution is -2.34. The highest BCUT2D eigenvalue weighted by Gasteiger charge is 2.07. The van der Waals surface area contributed by atoms with Crippen LogP contribution in [0.4, 0.5) is 0 Å². The minimum absolute atomic E-state index is 0. The number of amides is 2. The summed E-state index contributed by atoms with van der Waals surface area (Å²) in [6, 6.07) is 15.3. The summed E-state index contributed by atoms with van der Waals surface area (Å²) in [7, 11) is 1.62. The molecular formula is C21H28ClN3O3. The number of carbonyl (C=O) groups excluding carboxylic acids is 2. The van der Waals surface area contributed by atoms with Gasteiger partial charge in [0, 0.05) is 32.3 Å². The first-order valence-electron chi connectivity index (χ1n) is 8.97. The molecule has 3 N–H and O–H groups in total. The van der Waals surface area contributed by atoms with Crippen molar-refractivity contribution >= 4 is 24.2 Å². The van der Waals surface area contributed by atoms with E-state index < -0.39 is 0 Å². The Kier molecular flexibility index (Phi) is 10.9. The van der Waals surface area contributed by atoms with Crippen LogP contribution in [0.25, 0.3) is 0 Å². The summed E-state index contributed by atoms with van der Waals surface area (Å²) in [5, 5.41) is 8.74. The molecular weight excluding hydrogens is 378 g/mol. The maximum Gasteiger partial charge on any atom is 0.251 e. The van der Waals surface area contributed by atoms with Crippen molar-refractivity contribution in [1.82, 2.24) is 16.0 Å². The predicted molar refractivity (Wildman–Crippen MR) is 113 cm³/mol. The highest BCUT2D eigenvalue weighted by molar-refractivity contribution is 5.94. The molecule has 2 rings (SSSR count). The fourth-order valence-corrected chi connectivity index (χ4v) is 2.45. The van der Waals surface area contributed by atoms with E-state index in [1.54, 1.807) is 19.2 Å². The second-order valence-corrected chi connectivity index (χ2v) is 6.31. The number of rotatable bonds is 10. The van der Waals surface area contributed by atoms with Gasteiger partial charge >= 0.3 is 0 Å². The van der Waals surface area contributed by atoms with Crippen molar-refractivity contribution in [2.45, 2.75) is 20.0 Å². The molecule has 6 nitrogen and oxygen atoms in total. The van der Waals surface area contributed by atoms with E-state index in [1.165, 1.54) is 5.56 Å². The lowest BCUT2D eigenvalue weighted by atomic mass is 10.1. The van der Waals surface area contributed by atoms with Crippen LogP contribution in [0.5, 0.6) is 0 Å². The number of methoxy groups -OCH3 is 1. The quantitative estimate of drug-likeness (QED) is 0.529. The molecule has 0 heterocycles. The molecule has 2 amide bonds. The van der Waals surface area contributed by atoms with Gasteiger partial charge in [0.2, 0.25) is 5.91 Å². The summed E-state index contributed by atoms with van der Waals surface area (Å²) in [4.78, 5) is 24.1. The molecule has 0 atom stereocenters. The van der Waals surface area contributed by atoms with Gasteiger partial charge in [-0.05, 0) is 30.2 Å². The molecule has 0 aromatic heterocycles. The van der Waals surface area contributed by atoms with Crippen molar-refractivity contribution in [3.8, 4) is 0 Å². The Morgan fingerprint density at radius 3 is 2.39 bits per heavy atom. The van der Waals surface area contributed by atoms with Crippen molar-refractivity contribution < 1.29 is 14.3 Å². The first-order valence-corrected chi connectivity index (χ1v) is 8.97. The molecule has 2 aromatic carbocycles. The minimum atomic E-state index is -0.134. The fraction of sp³-hybridized carbons (Fsp3) is 0.333. The molecule has 28 heavy (non-hydrogen) atoms. The zero-order chi connectivity index (χ0) is 19.5. The summed E-state index contributed by atoms with van der Waals surface area (Å²) in [5.74, 6) is -0.231. The van der Waals surface area contributed by atoms with Crippen LogP contribution in [-0.2, 0) is 22.6 Å². The van der Waals surface area contributed by atoms with Gasteiger partial charge < -0.3 is 20.7 Å². The smallest absolute Gasteiger partial charge is 0.251 e. The number of hydrogen-bond donors (Lipinski definition) is 3. The zero-order valence-corrected chi connectivity index (χ0v) is 17.1. The van der Waals surface area contributed by atoms with Crippen LogP contribution in [0.1, 0.15) is 27.0 Å². The summed E-state index contributed by atoms with van der Waals surface area (Å²) in [6.07, 6.45) is 0. The van der Waals surface area contributed by atoms with E-state index >= 15 is 0 Å². The van der Waals surface area contributed by atoms with E-state index in [0.29, 0.717) is 31.8 Å². The topological polar surface area (TPSA) is 79.5 Å². The van der Waals surface area contributed by atoms with Crippen LogP contribution in [0.15, 0.2) is 48.5 Å². The lowest BCUT2D eigenvalue weighted by molar-refractivity contribution is -0.120. The number of nitrogens with one attached hydrogen (secondary N) is 3. The lowest BCUT2D eigenvalue weighted by Gasteiger charge is -2.09. The second-order valence-electron chi connectivity index (χ2n) is 6.31. The molecule has 7 heteroatoms. The molecule has 2 aromatic rings. The van der Waals surface area contributed by atoms with Gasteiger partial charge in [0.1, 0.15) is 0 Å². The van der Waals surface area contributed by atoms with Gasteiger partial charge in [0.25, 0.3) is 5.91 Å². The SMILES string of the molecule is COCCNCC(=O)NCc1cccc(C(=O)NCc2ccc(C)cc2)c1.Cl. The normalized spacial score (nSPS) is 10.1. The molecule has 0 bridgehead atoms. The van der Waals surface area contributed by atoms with Crippen molar-refractivity contribution in [3.05, 3.63) is 70.8 Å². The molecule has 0 saturated carbocycles. The van der Waals surface area contributed by atoms with Gasteiger partial charge in [0.05, 0.1) is 13.2 Å². The van der Waals surface area contributed by atoms with Gasteiger partial charge in [-0.1, -0.05) is 42.0 Å². The predicted octanol–water partition coefficient (Wildman–Crippen LogP) is 2.20. The average Bonchev–Trinajstić information content (AvgIpc) is 2.69. The molecule has 0 fully saturated rings. The third-order valence-electron chi connectivity index (χ3n) is 4.02. The number of halogens is 1. The third kappa shape index (κ3) is 8.52. The summed E-state index contributed by atoms with van der Waals surface area (Å²) in [5.41, 5.74) is 3.70. The zero-order valence-electron chi connectivity index (χ0n) is 16.3. The number of hydrogen-bond acceptors (Lipinski definition) is 4. The molecule has 0 saturated heterocycles. The Morgan fingerprint density at radius 1 is 0.964 bits per heavy atom. The van der Waals surface area contributed by atoms with Crippen LogP contribution >= 0.6 is 12.4 Å². The maximum atomic E-state index is 12.4. The number of aryl methyl sites for hydroxylation is 1. The van der Waals surface area contributed by atoms with Gasteiger partial charge in [-0.15, -0.1) is 12.4 Å². The molecule has 0 radical (unpaired) electrons. The van der Waals surface area contributed by atoms with E-state index in [4.69, 9.17) is 4.74 Å². The fourth-order valence-electron chi connectivity index (χ4n) is 2.45.